The van der Waals surface area contributed by atoms with Gasteiger partial charge in [0.25, 0.3) is 0 Å². The van der Waals surface area contributed by atoms with E-state index in [0.717, 1.165) is 25.0 Å². The van der Waals surface area contributed by atoms with Crippen LogP contribution in [0.3, 0.4) is 0 Å². The van der Waals surface area contributed by atoms with Gasteiger partial charge in [0, 0.05) is 19.7 Å². The molecule has 0 aromatic heterocycles. The summed E-state index contributed by atoms with van der Waals surface area (Å²) < 4.78 is 5.68. The van der Waals surface area contributed by atoms with Gasteiger partial charge in [-0.15, -0.1) is 0 Å². The third-order valence-corrected chi connectivity index (χ3v) is 3.96. The highest BCUT2D eigenvalue weighted by Crippen LogP contribution is 2.16. The van der Waals surface area contributed by atoms with E-state index in [9.17, 15) is 4.79 Å². The van der Waals surface area contributed by atoms with Gasteiger partial charge >= 0.3 is 6.03 Å². The van der Waals surface area contributed by atoms with E-state index < -0.39 is 0 Å². The minimum atomic E-state index is -0.0946. The molecule has 0 aliphatic carbocycles. The fourth-order valence-corrected chi connectivity index (χ4v) is 2.61. The topological polar surface area (TPSA) is 50.4 Å². The third kappa shape index (κ3) is 5.76. The SMILES string of the molecule is Cc1ccccc1CNC(=O)NCCC[C@@H]1CCCCO1. The average molecular weight is 290 g/mol. The normalized spacial score (nSPS) is 18.2. The van der Waals surface area contributed by atoms with Crippen molar-refractivity contribution in [3.8, 4) is 0 Å². The first-order chi connectivity index (χ1) is 10.3. The summed E-state index contributed by atoms with van der Waals surface area (Å²) in [6, 6.07) is 8.00. The van der Waals surface area contributed by atoms with Gasteiger partial charge in [0.05, 0.1) is 6.10 Å². The zero-order chi connectivity index (χ0) is 14.9. The highest BCUT2D eigenvalue weighted by Gasteiger charge is 2.13. The van der Waals surface area contributed by atoms with Crippen LogP contribution in [0.4, 0.5) is 4.79 Å². The summed E-state index contributed by atoms with van der Waals surface area (Å²) in [6.45, 7) is 4.23. The molecule has 4 nitrogen and oxygen atoms in total. The maximum Gasteiger partial charge on any atom is 0.315 e. The highest BCUT2D eigenvalue weighted by atomic mass is 16.5. The van der Waals surface area contributed by atoms with E-state index in [-0.39, 0.29) is 6.03 Å². The number of benzene rings is 1. The summed E-state index contributed by atoms with van der Waals surface area (Å²) in [6.07, 6.45) is 6.04. The zero-order valence-corrected chi connectivity index (χ0v) is 12.9. The lowest BCUT2D eigenvalue weighted by Gasteiger charge is -2.22. The Bertz CT molecular complexity index is 442. The molecular formula is C17H26N2O2. The predicted molar refractivity (Wildman–Crippen MR) is 84.2 cm³/mol. The summed E-state index contributed by atoms with van der Waals surface area (Å²) in [7, 11) is 0. The molecule has 1 aliphatic heterocycles. The average Bonchev–Trinajstić information content (AvgIpc) is 2.52. The van der Waals surface area contributed by atoms with Gasteiger partial charge in [-0.2, -0.15) is 0 Å². The molecule has 116 valence electrons. The van der Waals surface area contributed by atoms with E-state index >= 15 is 0 Å². The molecule has 0 saturated carbocycles. The number of nitrogens with one attached hydrogen (secondary N) is 2. The number of carbonyl (C=O) groups is 1. The first kappa shape index (κ1) is 15.8. The number of aryl methyl sites for hydroxylation is 1. The lowest BCUT2D eigenvalue weighted by atomic mass is 10.0. The van der Waals surface area contributed by atoms with Gasteiger partial charge in [0.2, 0.25) is 0 Å². The van der Waals surface area contributed by atoms with Crippen molar-refractivity contribution >= 4 is 6.03 Å². The molecule has 1 atom stereocenters. The Morgan fingerprint density at radius 2 is 2.14 bits per heavy atom. The molecule has 1 saturated heterocycles. The monoisotopic (exact) mass is 290 g/mol. The smallest absolute Gasteiger partial charge is 0.315 e. The van der Waals surface area contributed by atoms with Crippen LogP contribution in [0, 0.1) is 6.92 Å². The molecule has 1 heterocycles. The fraction of sp³-hybridized carbons (Fsp3) is 0.588. The maximum absolute atomic E-state index is 11.7. The van der Waals surface area contributed by atoms with E-state index in [1.54, 1.807) is 0 Å². The van der Waals surface area contributed by atoms with Crippen LogP contribution < -0.4 is 10.6 Å². The third-order valence-electron chi connectivity index (χ3n) is 3.96. The maximum atomic E-state index is 11.7. The van der Waals surface area contributed by atoms with Crippen molar-refractivity contribution in [3.63, 3.8) is 0 Å². The number of amides is 2. The molecule has 1 aromatic carbocycles. The molecule has 0 spiro atoms. The fourth-order valence-electron chi connectivity index (χ4n) is 2.61. The van der Waals surface area contributed by atoms with Gasteiger partial charge in [-0.1, -0.05) is 24.3 Å². The molecule has 0 bridgehead atoms. The van der Waals surface area contributed by atoms with Crippen LogP contribution in [0.5, 0.6) is 0 Å². The van der Waals surface area contributed by atoms with Crippen LogP contribution in [0.25, 0.3) is 0 Å². The minimum Gasteiger partial charge on any atom is -0.378 e. The summed E-state index contributed by atoms with van der Waals surface area (Å²) in [4.78, 5) is 11.7. The van der Waals surface area contributed by atoms with E-state index in [2.05, 4.69) is 23.6 Å². The summed E-state index contributed by atoms with van der Waals surface area (Å²) in [5, 5.41) is 5.80. The van der Waals surface area contributed by atoms with Crippen molar-refractivity contribution in [1.82, 2.24) is 10.6 Å². The molecule has 2 rings (SSSR count). The van der Waals surface area contributed by atoms with Gasteiger partial charge in [-0.05, 0) is 50.2 Å². The van der Waals surface area contributed by atoms with Crippen molar-refractivity contribution in [2.24, 2.45) is 0 Å². The van der Waals surface area contributed by atoms with E-state index in [4.69, 9.17) is 4.74 Å². The number of urea groups is 1. The van der Waals surface area contributed by atoms with Crippen LogP contribution in [0.2, 0.25) is 0 Å². The molecular weight excluding hydrogens is 264 g/mol. The summed E-state index contributed by atoms with van der Waals surface area (Å²) in [5.74, 6) is 0. The molecule has 0 radical (unpaired) electrons. The molecule has 1 fully saturated rings. The number of ether oxygens (including phenoxy) is 1. The quantitative estimate of drug-likeness (QED) is 0.791. The zero-order valence-electron chi connectivity index (χ0n) is 12.9. The Labute approximate surface area is 127 Å². The Morgan fingerprint density at radius 1 is 1.29 bits per heavy atom. The number of carbonyl (C=O) groups excluding carboxylic acids is 1. The van der Waals surface area contributed by atoms with Crippen LogP contribution in [-0.4, -0.2) is 25.3 Å². The Balaban J connectivity index is 1.56. The van der Waals surface area contributed by atoms with E-state index in [1.807, 2.05) is 18.2 Å². The van der Waals surface area contributed by atoms with E-state index in [1.165, 1.54) is 24.8 Å². The Morgan fingerprint density at radius 3 is 2.90 bits per heavy atom. The van der Waals surface area contributed by atoms with Crippen molar-refractivity contribution in [3.05, 3.63) is 35.4 Å². The number of hydrogen-bond acceptors (Lipinski definition) is 2. The van der Waals surface area contributed by atoms with Gasteiger partial charge < -0.3 is 15.4 Å². The number of hydrogen-bond donors (Lipinski definition) is 2. The Hall–Kier alpha value is -1.55. The molecule has 1 aliphatic rings. The van der Waals surface area contributed by atoms with Crippen molar-refractivity contribution < 1.29 is 9.53 Å². The summed E-state index contributed by atoms with van der Waals surface area (Å²) in [5.41, 5.74) is 2.36. The van der Waals surface area contributed by atoms with Gasteiger partial charge in [-0.3, -0.25) is 0 Å². The highest BCUT2D eigenvalue weighted by molar-refractivity contribution is 5.73. The van der Waals surface area contributed by atoms with Gasteiger partial charge in [0.1, 0.15) is 0 Å². The van der Waals surface area contributed by atoms with Crippen LogP contribution in [0.1, 0.15) is 43.2 Å². The minimum absolute atomic E-state index is 0.0946. The second-order valence-electron chi connectivity index (χ2n) is 5.67. The van der Waals surface area contributed by atoms with Crippen LogP contribution in [-0.2, 0) is 11.3 Å². The molecule has 2 N–H and O–H groups in total. The largest absolute Gasteiger partial charge is 0.378 e. The van der Waals surface area contributed by atoms with Crippen LogP contribution >= 0.6 is 0 Å². The molecule has 2 amide bonds. The summed E-state index contributed by atoms with van der Waals surface area (Å²) >= 11 is 0. The van der Waals surface area contributed by atoms with Crippen molar-refractivity contribution in [2.75, 3.05) is 13.2 Å². The standard InChI is InChI=1S/C17H26N2O2/c1-14-7-2-3-8-15(14)13-19-17(20)18-11-6-10-16-9-4-5-12-21-16/h2-3,7-8,16H,4-6,9-13H2,1H3,(H2,18,19,20)/t16-/m0/s1. The first-order valence-corrected chi connectivity index (χ1v) is 7.93. The molecule has 4 heteroatoms. The molecule has 1 aromatic rings. The van der Waals surface area contributed by atoms with Crippen molar-refractivity contribution in [2.45, 2.75) is 51.7 Å². The van der Waals surface area contributed by atoms with Crippen molar-refractivity contribution in [1.29, 1.82) is 0 Å². The second kappa shape index (κ2) is 8.67. The molecule has 0 unspecified atom stereocenters. The first-order valence-electron chi connectivity index (χ1n) is 7.93. The second-order valence-corrected chi connectivity index (χ2v) is 5.67. The predicted octanol–water partition coefficient (Wildman–Crippen LogP) is 3.14. The van der Waals surface area contributed by atoms with Crippen LogP contribution in [0.15, 0.2) is 24.3 Å². The van der Waals surface area contributed by atoms with Gasteiger partial charge in [-0.25, -0.2) is 4.79 Å². The van der Waals surface area contributed by atoms with E-state index in [0.29, 0.717) is 19.2 Å². The lowest BCUT2D eigenvalue weighted by Crippen LogP contribution is -2.36. The Kier molecular flexibility index (Phi) is 6.54. The lowest BCUT2D eigenvalue weighted by molar-refractivity contribution is 0.0103. The number of rotatable bonds is 6. The van der Waals surface area contributed by atoms with Gasteiger partial charge in [0.15, 0.2) is 0 Å². The molecule has 21 heavy (non-hydrogen) atoms.